The van der Waals surface area contributed by atoms with Gasteiger partial charge in [0.05, 0.1) is 11.3 Å². The minimum atomic E-state index is -1.51. The molecular weight excluding hydrogens is 396 g/mol. The molecule has 31 heavy (non-hydrogen) atoms. The van der Waals surface area contributed by atoms with Gasteiger partial charge in [0, 0.05) is 19.4 Å². The minimum absolute atomic E-state index is 0.00570. The number of anilines is 1. The van der Waals surface area contributed by atoms with Gasteiger partial charge >= 0.3 is 5.97 Å². The van der Waals surface area contributed by atoms with Crippen molar-refractivity contribution in [1.82, 2.24) is 4.90 Å². The molecule has 1 atom stereocenters. The van der Waals surface area contributed by atoms with E-state index in [1.165, 1.54) is 9.80 Å². The van der Waals surface area contributed by atoms with E-state index in [4.69, 9.17) is 9.47 Å². The predicted molar refractivity (Wildman–Crippen MR) is 115 cm³/mol. The number of hydrogen-bond donors (Lipinski definition) is 0. The van der Waals surface area contributed by atoms with Gasteiger partial charge in [-0.1, -0.05) is 35.9 Å². The molecule has 2 aliphatic heterocycles. The van der Waals surface area contributed by atoms with Gasteiger partial charge in [-0.3, -0.25) is 14.5 Å². The summed E-state index contributed by atoms with van der Waals surface area (Å²) in [4.78, 5) is 42.2. The molecule has 2 aromatic rings. The summed E-state index contributed by atoms with van der Waals surface area (Å²) in [6.07, 6.45) is 1.85. The van der Waals surface area contributed by atoms with Crippen molar-refractivity contribution in [2.75, 3.05) is 24.7 Å². The van der Waals surface area contributed by atoms with Crippen molar-refractivity contribution in [3.05, 3.63) is 72.3 Å². The molecule has 1 saturated heterocycles. The number of nitrogens with zero attached hydrogens (tertiary/aromatic N) is 2. The van der Waals surface area contributed by atoms with Crippen LogP contribution >= 0.6 is 0 Å². The average Bonchev–Trinajstić information content (AvgIpc) is 3.13. The Hall–Kier alpha value is -3.61. The van der Waals surface area contributed by atoms with Gasteiger partial charge in [-0.2, -0.15) is 0 Å². The topological polar surface area (TPSA) is 76.2 Å². The van der Waals surface area contributed by atoms with E-state index in [-0.39, 0.29) is 44.4 Å². The number of ether oxygens (including phenoxy) is 2. The molecule has 2 heterocycles. The molecule has 0 N–H and O–H groups in total. The van der Waals surface area contributed by atoms with E-state index < -0.39 is 11.6 Å². The van der Waals surface area contributed by atoms with Gasteiger partial charge in [0.25, 0.3) is 5.91 Å². The van der Waals surface area contributed by atoms with Crippen molar-refractivity contribution in [2.24, 2.45) is 0 Å². The summed E-state index contributed by atoms with van der Waals surface area (Å²) in [7, 11) is 0. The van der Waals surface area contributed by atoms with Crippen molar-refractivity contribution < 1.29 is 23.9 Å². The fourth-order valence-electron chi connectivity index (χ4n) is 4.17. The van der Waals surface area contributed by atoms with E-state index in [1.54, 1.807) is 30.3 Å². The molecule has 0 bridgehead atoms. The van der Waals surface area contributed by atoms with Crippen molar-refractivity contribution in [2.45, 2.75) is 25.4 Å². The Morgan fingerprint density at radius 3 is 2.61 bits per heavy atom. The summed E-state index contributed by atoms with van der Waals surface area (Å²) in [5.74, 6) is -0.515. The zero-order chi connectivity index (χ0) is 22.0. The number of para-hydroxylation sites is 1. The van der Waals surface area contributed by atoms with Crippen molar-refractivity contribution in [1.29, 1.82) is 0 Å². The molecular formula is C24H24N2O5. The van der Waals surface area contributed by atoms with Gasteiger partial charge in [0.2, 0.25) is 11.6 Å². The third-order valence-electron chi connectivity index (χ3n) is 5.62. The summed E-state index contributed by atoms with van der Waals surface area (Å²) in [6, 6.07) is 14.4. The van der Waals surface area contributed by atoms with Gasteiger partial charge in [-0.15, -0.1) is 6.58 Å². The quantitative estimate of drug-likeness (QED) is 0.391. The molecule has 0 aliphatic carbocycles. The fourth-order valence-corrected chi connectivity index (χ4v) is 4.17. The lowest BCUT2D eigenvalue weighted by Gasteiger charge is -2.48. The summed E-state index contributed by atoms with van der Waals surface area (Å²) in [5, 5.41) is 0. The highest BCUT2D eigenvalue weighted by Crippen LogP contribution is 2.45. The van der Waals surface area contributed by atoms with E-state index in [0.717, 1.165) is 5.56 Å². The zero-order valence-electron chi connectivity index (χ0n) is 17.4. The lowest BCUT2D eigenvalue weighted by atomic mass is 9.96. The van der Waals surface area contributed by atoms with Gasteiger partial charge < -0.3 is 14.4 Å². The van der Waals surface area contributed by atoms with E-state index >= 15 is 0 Å². The zero-order valence-corrected chi connectivity index (χ0v) is 17.4. The highest BCUT2D eigenvalue weighted by atomic mass is 16.6. The molecule has 7 heteroatoms. The molecule has 0 aromatic heterocycles. The van der Waals surface area contributed by atoms with Crippen LogP contribution in [0.3, 0.4) is 0 Å². The van der Waals surface area contributed by atoms with Crippen LogP contribution in [0.25, 0.3) is 0 Å². The molecule has 160 valence electrons. The number of fused-ring (bicyclic) bond motifs is 3. The summed E-state index contributed by atoms with van der Waals surface area (Å²) in [5.41, 5.74) is 0.419. The summed E-state index contributed by atoms with van der Waals surface area (Å²) >= 11 is 0. The Balaban J connectivity index is 1.57. The second kappa shape index (κ2) is 8.26. The van der Waals surface area contributed by atoms with Crippen molar-refractivity contribution in [3.63, 3.8) is 0 Å². The summed E-state index contributed by atoms with van der Waals surface area (Å²) in [6.45, 7) is 5.97. The van der Waals surface area contributed by atoms with Crippen LogP contribution in [0.15, 0.2) is 61.2 Å². The highest BCUT2D eigenvalue weighted by molar-refractivity contribution is 6.15. The van der Waals surface area contributed by atoms with Gasteiger partial charge in [-0.25, -0.2) is 4.79 Å². The third-order valence-corrected chi connectivity index (χ3v) is 5.62. The SMILES string of the molecule is C=CCN1C(=O)c2ccccc2N2C(=O)CC[C@@]12C(=O)OCCOc1ccc(C)cc1. The molecule has 4 rings (SSSR count). The molecule has 2 aliphatic rings. The van der Waals surface area contributed by atoms with E-state index in [1.807, 2.05) is 31.2 Å². The van der Waals surface area contributed by atoms with Crippen LogP contribution in [0.5, 0.6) is 5.75 Å². The smallest absolute Gasteiger partial charge is 0.353 e. The van der Waals surface area contributed by atoms with Crippen molar-refractivity contribution >= 4 is 23.5 Å². The number of benzene rings is 2. The minimum Gasteiger partial charge on any atom is -0.490 e. The first-order valence-corrected chi connectivity index (χ1v) is 10.2. The van der Waals surface area contributed by atoms with E-state index in [0.29, 0.717) is 17.0 Å². The largest absolute Gasteiger partial charge is 0.490 e. The van der Waals surface area contributed by atoms with Crippen LogP contribution in [0.1, 0.15) is 28.8 Å². The number of hydrogen-bond acceptors (Lipinski definition) is 5. The molecule has 0 radical (unpaired) electrons. The monoisotopic (exact) mass is 420 g/mol. The molecule has 2 aromatic carbocycles. The van der Waals surface area contributed by atoms with Crippen LogP contribution in [-0.2, 0) is 14.3 Å². The molecule has 2 amide bonds. The van der Waals surface area contributed by atoms with Gasteiger partial charge in [0.15, 0.2) is 0 Å². The molecule has 0 saturated carbocycles. The summed E-state index contributed by atoms with van der Waals surface area (Å²) < 4.78 is 11.2. The number of amides is 2. The van der Waals surface area contributed by atoms with E-state index in [2.05, 4.69) is 6.58 Å². The Labute approximate surface area is 180 Å². The first-order chi connectivity index (χ1) is 15.0. The maximum Gasteiger partial charge on any atom is 0.353 e. The second-order valence-electron chi connectivity index (χ2n) is 7.56. The Bertz CT molecular complexity index is 1030. The maximum absolute atomic E-state index is 13.3. The van der Waals surface area contributed by atoms with Crippen LogP contribution in [0, 0.1) is 6.92 Å². The van der Waals surface area contributed by atoms with Crippen molar-refractivity contribution in [3.8, 4) is 5.75 Å². The molecule has 0 spiro atoms. The third kappa shape index (κ3) is 3.46. The normalized spacial score (nSPS) is 19.6. The first kappa shape index (κ1) is 20.7. The highest BCUT2D eigenvalue weighted by Gasteiger charge is 2.61. The van der Waals surface area contributed by atoms with Gasteiger partial charge in [-0.05, 0) is 31.2 Å². The van der Waals surface area contributed by atoms with Crippen LogP contribution in [-0.4, -0.2) is 48.1 Å². The number of aryl methyl sites for hydroxylation is 1. The standard InChI is InChI=1S/C24H24N2O5/c1-3-14-25-22(28)19-6-4-5-7-20(19)26-21(27)12-13-24(25,26)23(29)31-16-15-30-18-10-8-17(2)9-11-18/h3-11H,1,12-16H2,2H3/t24-/m1/s1. The van der Waals surface area contributed by atoms with E-state index in [9.17, 15) is 14.4 Å². The second-order valence-corrected chi connectivity index (χ2v) is 7.56. The number of carbonyl (C=O) groups excluding carboxylic acids is 3. The Kier molecular flexibility index (Phi) is 5.50. The lowest BCUT2D eigenvalue weighted by Crippen LogP contribution is -2.68. The average molecular weight is 420 g/mol. The number of carbonyl (C=O) groups is 3. The maximum atomic E-state index is 13.3. The predicted octanol–water partition coefficient (Wildman–Crippen LogP) is 3.08. The Morgan fingerprint density at radius 1 is 1.13 bits per heavy atom. The molecule has 7 nitrogen and oxygen atoms in total. The lowest BCUT2D eigenvalue weighted by molar-refractivity contribution is -0.157. The van der Waals surface area contributed by atoms with Crippen LogP contribution in [0.2, 0.25) is 0 Å². The Morgan fingerprint density at radius 2 is 1.87 bits per heavy atom. The van der Waals surface area contributed by atoms with Crippen LogP contribution < -0.4 is 9.64 Å². The number of esters is 1. The molecule has 0 unspecified atom stereocenters. The first-order valence-electron chi connectivity index (χ1n) is 10.2. The fraction of sp³-hybridized carbons (Fsp3) is 0.292. The van der Waals surface area contributed by atoms with Crippen LogP contribution in [0.4, 0.5) is 5.69 Å². The number of rotatable bonds is 7. The molecule has 1 fully saturated rings. The van der Waals surface area contributed by atoms with Gasteiger partial charge in [0.1, 0.15) is 19.0 Å².